The van der Waals surface area contributed by atoms with Crippen LogP contribution in [0.25, 0.3) is 0 Å². The smallest absolute Gasteiger partial charge is 0.323 e. The lowest BCUT2D eigenvalue weighted by Gasteiger charge is -2.29. The molecule has 1 saturated heterocycles. The number of imide groups is 1. The molecule has 2 unspecified atom stereocenters. The van der Waals surface area contributed by atoms with Crippen LogP contribution in [0.2, 0.25) is 5.02 Å². The average molecular weight is 392 g/mol. The first-order valence-corrected chi connectivity index (χ1v) is 9.93. The molecule has 3 rings (SSSR count). The van der Waals surface area contributed by atoms with E-state index in [4.69, 9.17) is 11.6 Å². The predicted octanol–water partition coefficient (Wildman–Crippen LogP) is 3.27. The molecule has 1 aliphatic carbocycles. The van der Waals surface area contributed by atoms with Crippen LogP contribution in [0.1, 0.15) is 50.1 Å². The molecule has 2 fully saturated rings. The molecule has 0 bridgehead atoms. The van der Waals surface area contributed by atoms with Gasteiger partial charge < -0.3 is 10.6 Å². The molecule has 2 atom stereocenters. The molecule has 1 aromatic carbocycles. The Bertz CT molecular complexity index is 698. The van der Waals surface area contributed by atoms with Crippen LogP contribution in [0.4, 0.5) is 4.79 Å². The molecule has 146 valence electrons. The van der Waals surface area contributed by atoms with Crippen molar-refractivity contribution in [2.75, 3.05) is 13.6 Å². The molecule has 0 radical (unpaired) electrons. The van der Waals surface area contributed by atoms with Gasteiger partial charge in [0.2, 0.25) is 11.8 Å². The van der Waals surface area contributed by atoms with Crippen molar-refractivity contribution in [3.05, 3.63) is 34.9 Å². The lowest BCUT2D eigenvalue weighted by atomic mass is 9.90. The summed E-state index contributed by atoms with van der Waals surface area (Å²) in [6.45, 7) is 0.231. The van der Waals surface area contributed by atoms with Gasteiger partial charge in [-0.2, -0.15) is 0 Å². The number of rotatable bonds is 4. The van der Waals surface area contributed by atoms with Gasteiger partial charge in [0.05, 0.1) is 12.0 Å². The monoisotopic (exact) mass is 391 g/mol. The maximum absolute atomic E-state index is 13.0. The van der Waals surface area contributed by atoms with Crippen molar-refractivity contribution in [3.8, 4) is 0 Å². The lowest BCUT2D eigenvalue weighted by molar-refractivity contribution is -0.129. The number of carbonyl (C=O) groups is 3. The summed E-state index contributed by atoms with van der Waals surface area (Å²) < 4.78 is 0. The summed E-state index contributed by atoms with van der Waals surface area (Å²) in [5, 5.41) is 6.51. The van der Waals surface area contributed by atoms with Gasteiger partial charge >= 0.3 is 6.03 Å². The molecule has 2 aliphatic rings. The molecule has 6 nitrogen and oxygen atoms in total. The fourth-order valence-corrected chi connectivity index (χ4v) is 4.17. The van der Waals surface area contributed by atoms with Gasteiger partial charge in [-0.1, -0.05) is 36.6 Å². The minimum absolute atomic E-state index is 0.0989. The van der Waals surface area contributed by atoms with E-state index in [1.54, 1.807) is 0 Å². The van der Waals surface area contributed by atoms with Crippen LogP contribution >= 0.6 is 11.6 Å². The van der Waals surface area contributed by atoms with Gasteiger partial charge in [-0.25, -0.2) is 4.79 Å². The Morgan fingerprint density at radius 1 is 1.26 bits per heavy atom. The molecular formula is C20H26ClN3O3. The van der Waals surface area contributed by atoms with E-state index in [1.165, 1.54) is 7.05 Å². The van der Waals surface area contributed by atoms with E-state index in [0.717, 1.165) is 36.1 Å². The number of hydrogen-bond acceptors (Lipinski definition) is 3. The maximum Gasteiger partial charge on any atom is 0.323 e. The summed E-state index contributed by atoms with van der Waals surface area (Å²) in [5.74, 6) is -0.435. The quantitative estimate of drug-likeness (QED) is 0.826. The Balaban J connectivity index is 1.73. The average Bonchev–Trinajstić information content (AvgIpc) is 3.18. The second-order valence-electron chi connectivity index (χ2n) is 7.46. The molecular weight excluding hydrogens is 366 g/mol. The number of benzene rings is 1. The van der Waals surface area contributed by atoms with Crippen LogP contribution in [0.5, 0.6) is 0 Å². The van der Waals surface area contributed by atoms with Crippen molar-refractivity contribution < 1.29 is 14.4 Å². The van der Waals surface area contributed by atoms with Crippen molar-refractivity contribution in [2.24, 2.45) is 11.8 Å². The van der Waals surface area contributed by atoms with Gasteiger partial charge in [0, 0.05) is 25.0 Å². The topological polar surface area (TPSA) is 78.5 Å². The highest BCUT2D eigenvalue weighted by atomic mass is 35.5. The second-order valence-corrected chi connectivity index (χ2v) is 7.90. The van der Waals surface area contributed by atoms with Crippen molar-refractivity contribution in [2.45, 2.75) is 44.6 Å². The zero-order valence-electron chi connectivity index (χ0n) is 15.5. The van der Waals surface area contributed by atoms with Crippen LogP contribution in [0, 0.1) is 11.8 Å². The number of halogens is 1. The minimum atomic E-state index is -0.459. The van der Waals surface area contributed by atoms with Gasteiger partial charge in [0.1, 0.15) is 0 Å². The Morgan fingerprint density at radius 2 is 2.00 bits per heavy atom. The number of hydrogen-bond donors (Lipinski definition) is 2. The standard InChI is InChI=1S/C20H26ClN3O3/c1-24-17(25)10-9-15(12-22-20(24)27)19(26)23-18(13-5-2-3-6-13)14-7-4-8-16(21)11-14/h4,7-8,11,13,15,18H,2-3,5-6,9-10,12H2,1H3,(H,22,27)(H,23,26). The van der Waals surface area contributed by atoms with E-state index in [1.807, 2.05) is 24.3 Å². The van der Waals surface area contributed by atoms with E-state index in [9.17, 15) is 14.4 Å². The third kappa shape index (κ3) is 4.80. The van der Waals surface area contributed by atoms with Crippen LogP contribution in [0.15, 0.2) is 24.3 Å². The van der Waals surface area contributed by atoms with Gasteiger partial charge in [-0.05, 0) is 42.9 Å². The second kappa shape index (κ2) is 8.74. The molecule has 27 heavy (non-hydrogen) atoms. The number of nitrogens with zero attached hydrogens (tertiary/aromatic N) is 1. The zero-order valence-corrected chi connectivity index (χ0v) is 16.3. The fourth-order valence-electron chi connectivity index (χ4n) is 3.97. The first-order valence-electron chi connectivity index (χ1n) is 9.56. The summed E-state index contributed by atoms with van der Waals surface area (Å²) in [7, 11) is 1.45. The summed E-state index contributed by atoms with van der Waals surface area (Å²) in [4.78, 5) is 37.9. The van der Waals surface area contributed by atoms with Crippen LogP contribution in [-0.2, 0) is 9.59 Å². The Hall–Kier alpha value is -2.08. The molecule has 0 aromatic heterocycles. The first-order chi connectivity index (χ1) is 13.0. The molecule has 4 amide bonds. The Labute approximate surface area is 164 Å². The van der Waals surface area contributed by atoms with Crippen LogP contribution < -0.4 is 10.6 Å². The molecule has 7 heteroatoms. The van der Waals surface area contributed by atoms with Crippen molar-refractivity contribution >= 4 is 29.4 Å². The minimum Gasteiger partial charge on any atom is -0.349 e. The molecule has 1 heterocycles. The summed E-state index contributed by atoms with van der Waals surface area (Å²) in [5.41, 5.74) is 1.01. The first kappa shape index (κ1) is 19.7. The number of amides is 4. The molecule has 0 spiro atoms. The highest BCUT2D eigenvalue weighted by Gasteiger charge is 2.32. The Morgan fingerprint density at radius 3 is 2.70 bits per heavy atom. The molecule has 2 N–H and O–H groups in total. The van der Waals surface area contributed by atoms with E-state index >= 15 is 0 Å². The van der Waals surface area contributed by atoms with E-state index < -0.39 is 11.9 Å². The molecule has 1 aliphatic heterocycles. The predicted molar refractivity (Wildman–Crippen MR) is 103 cm³/mol. The maximum atomic E-state index is 13.0. The molecule has 1 saturated carbocycles. The highest BCUT2D eigenvalue weighted by Crippen LogP contribution is 2.36. The van der Waals surface area contributed by atoms with Gasteiger partial charge in [0.25, 0.3) is 0 Å². The number of carbonyl (C=O) groups excluding carboxylic acids is 3. The summed E-state index contributed by atoms with van der Waals surface area (Å²) >= 11 is 6.16. The van der Waals surface area contributed by atoms with Crippen LogP contribution in [-0.4, -0.2) is 36.3 Å². The van der Waals surface area contributed by atoms with E-state index in [-0.39, 0.29) is 30.8 Å². The number of urea groups is 1. The summed E-state index contributed by atoms with van der Waals surface area (Å²) in [6, 6.07) is 7.07. The SMILES string of the molecule is CN1C(=O)CCC(C(=O)NC(c2cccc(Cl)c2)C2CCCC2)CNC1=O. The number of nitrogens with one attached hydrogen (secondary N) is 2. The lowest BCUT2D eigenvalue weighted by Crippen LogP contribution is -2.48. The van der Waals surface area contributed by atoms with Crippen LogP contribution in [0.3, 0.4) is 0 Å². The third-order valence-electron chi connectivity index (χ3n) is 5.63. The fraction of sp³-hybridized carbons (Fsp3) is 0.550. The van der Waals surface area contributed by atoms with Crippen molar-refractivity contribution in [3.63, 3.8) is 0 Å². The summed E-state index contributed by atoms with van der Waals surface area (Å²) in [6.07, 6.45) is 5.08. The Kier molecular flexibility index (Phi) is 6.37. The van der Waals surface area contributed by atoms with Crippen molar-refractivity contribution in [1.29, 1.82) is 0 Å². The molecule has 1 aromatic rings. The largest absolute Gasteiger partial charge is 0.349 e. The van der Waals surface area contributed by atoms with Gasteiger partial charge in [0.15, 0.2) is 0 Å². The van der Waals surface area contributed by atoms with Crippen molar-refractivity contribution in [1.82, 2.24) is 15.5 Å². The normalized spacial score (nSPS) is 22.7. The van der Waals surface area contributed by atoms with E-state index in [2.05, 4.69) is 10.6 Å². The van der Waals surface area contributed by atoms with Gasteiger partial charge in [-0.3, -0.25) is 14.5 Å². The van der Waals surface area contributed by atoms with Gasteiger partial charge in [-0.15, -0.1) is 0 Å². The third-order valence-corrected chi connectivity index (χ3v) is 5.87. The highest BCUT2D eigenvalue weighted by molar-refractivity contribution is 6.30. The zero-order chi connectivity index (χ0) is 19.4. The van der Waals surface area contributed by atoms with E-state index in [0.29, 0.717) is 17.4 Å².